The summed E-state index contributed by atoms with van der Waals surface area (Å²) < 4.78 is 9.75. The molecular weight excluding hydrogens is 414 g/mol. The lowest BCUT2D eigenvalue weighted by Gasteiger charge is -2.15. The molecule has 0 spiro atoms. The lowest BCUT2D eigenvalue weighted by Crippen LogP contribution is -2.25. The minimum Gasteiger partial charge on any atom is -0.492 e. The third-order valence-corrected chi connectivity index (χ3v) is 6.01. The molecule has 1 saturated heterocycles. The van der Waals surface area contributed by atoms with Gasteiger partial charge < -0.3 is 10.1 Å². The molecule has 0 aliphatic carbocycles. The van der Waals surface area contributed by atoms with Gasteiger partial charge in [0.05, 0.1) is 11.9 Å². The second-order valence-electron chi connectivity index (χ2n) is 8.51. The van der Waals surface area contributed by atoms with Gasteiger partial charge in [-0.3, -0.25) is 9.58 Å². The van der Waals surface area contributed by atoms with E-state index in [2.05, 4.69) is 33.4 Å². The van der Waals surface area contributed by atoms with Crippen molar-refractivity contribution in [2.45, 2.75) is 39.2 Å². The third kappa shape index (κ3) is 5.17. The van der Waals surface area contributed by atoms with Crippen LogP contribution in [0.4, 0.5) is 11.6 Å². The molecule has 8 nitrogen and oxygen atoms in total. The molecule has 0 saturated carbocycles. The van der Waals surface area contributed by atoms with Gasteiger partial charge in [-0.15, -0.1) is 5.10 Å². The Morgan fingerprint density at radius 2 is 1.88 bits per heavy atom. The highest BCUT2D eigenvalue weighted by molar-refractivity contribution is 5.63. The molecule has 33 heavy (non-hydrogen) atoms. The molecule has 0 radical (unpaired) electrons. The monoisotopic (exact) mass is 445 g/mol. The molecular formula is C25H31N7O. The van der Waals surface area contributed by atoms with E-state index in [-0.39, 0.29) is 0 Å². The molecule has 3 aromatic heterocycles. The minimum absolute atomic E-state index is 0.559. The van der Waals surface area contributed by atoms with Crippen molar-refractivity contribution in [1.29, 1.82) is 0 Å². The van der Waals surface area contributed by atoms with Gasteiger partial charge in [-0.05, 0) is 68.8 Å². The van der Waals surface area contributed by atoms with Crippen molar-refractivity contribution in [2.24, 2.45) is 0 Å². The molecule has 4 aromatic rings. The number of unbranched alkanes of at least 4 members (excludes halogenated alkanes) is 1. The Balaban J connectivity index is 1.25. The van der Waals surface area contributed by atoms with Crippen molar-refractivity contribution in [3.8, 4) is 17.0 Å². The first-order valence-corrected chi connectivity index (χ1v) is 11.9. The number of benzene rings is 1. The number of ether oxygens (including phenoxy) is 1. The number of likely N-dealkylation sites (tertiary alicyclic amines) is 1. The molecule has 0 unspecified atom stereocenters. The number of nitrogens with zero attached hydrogens (tertiary/aromatic N) is 6. The summed E-state index contributed by atoms with van der Waals surface area (Å²) in [5.41, 5.74) is 3.71. The lowest BCUT2D eigenvalue weighted by atomic mass is 10.2. The van der Waals surface area contributed by atoms with Gasteiger partial charge in [0, 0.05) is 30.5 Å². The Hall–Kier alpha value is -3.39. The molecule has 1 fully saturated rings. The summed E-state index contributed by atoms with van der Waals surface area (Å²) in [6.07, 6.45) is 8.84. The molecule has 1 aliphatic rings. The standard InChI is InChI=1S/C25H31N7O/c1-2-3-15-31-19-20(18-26-31)23-7-6-8-24-28-25(29-32(23)24)27-21-9-11-22(12-10-21)33-17-16-30-13-4-5-14-30/h6-12,18-19H,2-5,13-17H2,1H3,(H,27,29). The second-order valence-corrected chi connectivity index (χ2v) is 8.51. The van der Waals surface area contributed by atoms with Crippen LogP contribution in [0.5, 0.6) is 5.75 Å². The van der Waals surface area contributed by atoms with E-state index in [4.69, 9.17) is 9.84 Å². The van der Waals surface area contributed by atoms with Gasteiger partial charge in [-0.25, -0.2) is 4.52 Å². The van der Waals surface area contributed by atoms with Gasteiger partial charge in [0.25, 0.3) is 0 Å². The summed E-state index contributed by atoms with van der Waals surface area (Å²) in [5.74, 6) is 1.44. The number of rotatable bonds is 10. The Morgan fingerprint density at radius 3 is 2.70 bits per heavy atom. The maximum Gasteiger partial charge on any atom is 0.247 e. The molecule has 172 valence electrons. The number of hydrogen-bond acceptors (Lipinski definition) is 6. The average molecular weight is 446 g/mol. The number of hydrogen-bond donors (Lipinski definition) is 1. The average Bonchev–Trinajstić information content (AvgIpc) is 3.59. The topological polar surface area (TPSA) is 72.5 Å². The van der Waals surface area contributed by atoms with Gasteiger partial charge in [-0.1, -0.05) is 19.4 Å². The van der Waals surface area contributed by atoms with E-state index in [1.54, 1.807) is 0 Å². The molecule has 1 aromatic carbocycles. The Morgan fingerprint density at radius 1 is 1.03 bits per heavy atom. The zero-order chi connectivity index (χ0) is 22.5. The normalized spacial score (nSPS) is 14.2. The smallest absolute Gasteiger partial charge is 0.247 e. The summed E-state index contributed by atoms with van der Waals surface area (Å²) in [6.45, 7) is 7.21. The van der Waals surface area contributed by atoms with Crippen LogP contribution in [-0.4, -0.2) is 55.5 Å². The SMILES string of the molecule is CCCCn1cc(-c2cccc3nc(Nc4ccc(OCCN5CCCC5)cc4)nn23)cn1. The van der Waals surface area contributed by atoms with E-state index in [0.29, 0.717) is 5.95 Å². The first kappa shape index (κ1) is 21.5. The van der Waals surface area contributed by atoms with E-state index < -0.39 is 0 Å². The molecule has 0 amide bonds. The molecule has 8 heteroatoms. The van der Waals surface area contributed by atoms with E-state index in [1.165, 1.54) is 25.9 Å². The van der Waals surface area contributed by atoms with Gasteiger partial charge in [-0.2, -0.15) is 10.1 Å². The first-order chi connectivity index (χ1) is 16.3. The summed E-state index contributed by atoms with van der Waals surface area (Å²) >= 11 is 0. The predicted molar refractivity (Wildman–Crippen MR) is 130 cm³/mol. The molecule has 1 N–H and O–H groups in total. The molecule has 5 rings (SSSR count). The zero-order valence-corrected chi connectivity index (χ0v) is 19.2. The Labute approximate surface area is 194 Å². The maximum absolute atomic E-state index is 5.90. The molecule has 0 atom stereocenters. The number of aryl methyl sites for hydroxylation is 1. The van der Waals surface area contributed by atoms with Crippen molar-refractivity contribution >= 4 is 17.3 Å². The quantitative estimate of drug-likeness (QED) is 0.384. The number of fused-ring (bicyclic) bond motifs is 1. The van der Waals surface area contributed by atoms with Crippen molar-refractivity contribution < 1.29 is 4.74 Å². The van der Waals surface area contributed by atoms with Crippen LogP contribution in [0.2, 0.25) is 0 Å². The van der Waals surface area contributed by atoms with E-state index in [0.717, 1.165) is 60.9 Å². The fourth-order valence-electron chi connectivity index (χ4n) is 4.18. The first-order valence-electron chi connectivity index (χ1n) is 11.9. The van der Waals surface area contributed by atoms with Crippen LogP contribution in [0.15, 0.2) is 54.9 Å². The fraction of sp³-hybridized carbons (Fsp3) is 0.400. The van der Waals surface area contributed by atoms with E-state index in [1.807, 2.05) is 57.9 Å². The largest absolute Gasteiger partial charge is 0.492 e. The number of anilines is 2. The summed E-state index contributed by atoms with van der Waals surface area (Å²) in [5, 5.41) is 12.5. The molecule has 1 aliphatic heterocycles. The van der Waals surface area contributed by atoms with Gasteiger partial charge >= 0.3 is 0 Å². The Kier molecular flexibility index (Phi) is 6.53. The van der Waals surface area contributed by atoms with Crippen molar-refractivity contribution in [1.82, 2.24) is 29.3 Å². The maximum atomic E-state index is 5.90. The highest BCUT2D eigenvalue weighted by Crippen LogP contribution is 2.23. The number of aromatic nitrogens is 5. The van der Waals surface area contributed by atoms with Crippen LogP contribution >= 0.6 is 0 Å². The second kappa shape index (κ2) is 10.0. The summed E-state index contributed by atoms with van der Waals surface area (Å²) in [7, 11) is 0. The van der Waals surface area contributed by atoms with Gasteiger partial charge in [0.15, 0.2) is 5.65 Å². The van der Waals surface area contributed by atoms with Gasteiger partial charge in [0.1, 0.15) is 12.4 Å². The highest BCUT2D eigenvalue weighted by atomic mass is 16.5. The molecule has 4 heterocycles. The fourth-order valence-corrected chi connectivity index (χ4v) is 4.18. The predicted octanol–water partition coefficient (Wildman–Crippen LogP) is 4.61. The van der Waals surface area contributed by atoms with E-state index >= 15 is 0 Å². The van der Waals surface area contributed by atoms with E-state index in [9.17, 15) is 0 Å². The van der Waals surface area contributed by atoms with Crippen LogP contribution in [0.1, 0.15) is 32.6 Å². The van der Waals surface area contributed by atoms with Crippen LogP contribution in [-0.2, 0) is 6.54 Å². The van der Waals surface area contributed by atoms with Crippen molar-refractivity contribution in [2.75, 3.05) is 31.6 Å². The summed E-state index contributed by atoms with van der Waals surface area (Å²) in [4.78, 5) is 7.10. The highest BCUT2D eigenvalue weighted by Gasteiger charge is 2.12. The summed E-state index contributed by atoms with van der Waals surface area (Å²) in [6, 6.07) is 14.0. The Bertz CT molecular complexity index is 1180. The molecule has 0 bridgehead atoms. The van der Waals surface area contributed by atoms with Crippen LogP contribution in [0, 0.1) is 0 Å². The van der Waals surface area contributed by atoms with Crippen molar-refractivity contribution in [3.05, 3.63) is 54.9 Å². The number of pyridine rings is 1. The van der Waals surface area contributed by atoms with Gasteiger partial charge in [0.2, 0.25) is 5.95 Å². The lowest BCUT2D eigenvalue weighted by molar-refractivity contribution is 0.238. The minimum atomic E-state index is 0.559. The zero-order valence-electron chi connectivity index (χ0n) is 19.2. The van der Waals surface area contributed by atoms with Crippen LogP contribution in [0.25, 0.3) is 16.9 Å². The third-order valence-electron chi connectivity index (χ3n) is 6.01. The van der Waals surface area contributed by atoms with Crippen LogP contribution < -0.4 is 10.1 Å². The van der Waals surface area contributed by atoms with Crippen LogP contribution in [0.3, 0.4) is 0 Å². The number of nitrogens with one attached hydrogen (secondary N) is 1. The van der Waals surface area contributed by atoms with Crippen molar-refractivity contribution in [3.63, 3.8) is 0 Å².